The third kappa shape index (κ3) is 2.83. The molecule has 0 aliphatic rings. The van der Waals surface area contributed by atoms with Crippen molar-refractivity contribution >= 4 is 29.3 Å². The number of halogens is 1. The van der Waals surface area contributed by atoms with Gasteiger partial charge in [-0.3, -0.25) is 4.68 Å². The zero-order chi connectivity index (χ0) is 13.3. The summed E-state index contributed by atoms with van der Waals surface area (Å²) in [7, 11) is 1.82. The molecule has 0 atom stereocenters. The predicted molar refractivity (Wildman–Crippen MR) is 68.3 cm³/mol. The lowest BCUT2D eigenvalue weighted by Crippen LogP contribution is -1.98. The average molecular weight is 284 g/mol. The summed E-state index contributed by atoms with van der Waals surface area (Å²) >= 11 is 7.12. The van der Waals surface area contributed by atoms with E-state index in [1.54, 1.807) is 4.68 Å². The molecule has 0 unspecified atom stereocenters. The molecule has 1 N–H and O–H groups in total. The van der Waals surface area contributed by atoms with Crippen LogP contribution in [0.3, 0.4) is 0 Å². The van der Waals surface area contributed by atoms with Gasteiger partial charge >= 0.3 is 5.97 Å². The van der Waals surface area contributed by atoms with E-state index in [4.69, 9.17) is 16.7 Å². The van der Waals surface area contributed by atoms with E-state index >= 15 is 0 Å². The zero-order valence-electron chi connectivity index (χ0n) is 9.72. The fraction of sp³-hybridized carbons (Fsp3) is 0.182. The van der Waals surface area contributed by atoms with E-state index in [0.717, 1.165) is 10.7 Å². The monoisotopic (exact) mass is 283 g/mol. The van der Waals surface area contributed by atoms with Crippen LogP contribution in [0.15, 0.2) is 28.3 Å². The summed E-state index contributed by atoms with van der Waals surface area (Å²) in [4.78, 5) is 15.0. The van der Waals surface area contributed by atoms with Gasteiger partial charge in [0.05, 0.1) is 11.3 Å². The highest BCUT2D eigenvalue weighted by atomic mass is 35.5. The highest BCUT2D eigenvalue weighted by Crippen LogP contribution is 2.28. The minimum Gasteiger partial charge on any atom is -0.478 e. The Morgan fingerprint density at radius 1 is 1.44 bits per heavy atom. The van der Waals surface area contributed by atoms with Gasteiger partial charge in [0.25, 0.3) is 0 Å². The van der Waals surface area contributed by atoms with E-state index < -0.39 is 5.97 Å². The molecule has 0 radical (unpaired) electrons. The van der Waals surface area contributed by atoms with Gasteiger partial charge in [-0.15, -0.1) is 0 Å². The molecule has 5 nitrogen and oxygen atoms in total. The summed E-state index contributed by atoms with van der Waals surface area (Å²) in [5, 5.41) is 14.7. The van der Waals surface area contributed by atoms with Gasteiger partial charge in [-0.1, -0.05) is 23.4 Å². The Morgan fingerprint density at radius 2 is 2.17 bits per heavy atom. The first-order valence-corrected chi connectivity index (χ1v) is 6.24. The summed E-state index contributed by atoms with van der Waals surface area (Å²) in [5.74, 6) is -1.03. The van der Waals surface area contributed by atoms with Crippen molar-refractivity contribution in [3.63, 3.8) is 0 Å². The van der Waals surface area contributed by atoms with Crippen molar-refractivity contribution in [2.24, 2.45) is 7.05 Å². The molecule has 0 spiro atoms. The second-order valence-corrected chi connectivity index (χ2v) is 5.10. The Balaban J connectivity index is 2.34. The molecule has 0 fully saturated rings. The maximum Gasteiger partial charge on any atom is 0.335 e. The first-order chi connectivity index (χ1) is 8.45. The predicted octanol–water partition coefficient (Wildman–Crippen LogP) is 2.63. The molecule has 0 aromatic carbocycles. The van der Waals surface area contributed by atoms with E-state index in [9.17, 15) is 4.79 Å². The number of aryl methyl sites for hydroxylation is 2. The van der Waals surface area contributed by atoms with Crippen molar-refractivity contribution in [3.8, 4) is 0 Å². The number of carboxylic acid groups (broad SMARTS) is 1. The van der Waals surface area contributed by atoms with Crippen molar-refractivity contribution in [1.29, 1.82) is 0 Å². The van der Waals surface area contributed by atoms with Crippen LogP contribution in [0.2, 0.25) is 5.15 Å². The average Bonchev–Trinajstić information content (AvgIpc) is 2.56. The lowest BCUT2D eigenvalue weighted by Gasteiger charge is -2.03. The standard InChI is InChI=1S/C11H10ClN3O2S/c1-6-3-10(15(2)14-6)18-9-5-7(11(16)17)4-8(12)13-9/h3-5H,1-2H3,(H,16,17). The molecule has 18 heavy (non-hydrogen) atoms. The van der Waals surface area contributed by atoms with Crippen LogP contribution in [0.4, 0.5) is 0 Å². The third-order valence-corrected chi connectivity index (χ3v) is 3.39. The molecule has 94 valence electrons. The third-order valence-electron chi connectivity index (χ3n) is 2.19. The van der Waals surface area contributed by atoms with Gasteiger partial charge in [-0.2, -0.15) is 5.10 Å². The number of aromatic carboxylic acids is 1. The zero-order valence-corrected chi connectivity index (χ0v) is 11.3. The molecule has 7 heteroatoms. The Morgan fingerprint density at radius 3 is 2.72 bits per heavy atom. The van der Waals surface area contributed by atoms with Crippen molar-refractivity contribution in [2.75, 3.05) is 0 Å². The number of hydrogen-bond donors (Lipinski definition) is 1. The Hall–Kier alpha value is -1.53. The first-order valence-electron chi connectivity index (χ1n) is 5.05. The minimum atomic E-state index is -1.03. The van der Waals surface area contributed by atoms with E-state index in [1.807, 2.05) is 20.0 Å². The van der Waals surface area contributed by atoms with E-state index in [2.05, 4.69) is 10.1 Å². The minimum absolute atomic E-state index is 0.122. The molecule has 2 rings (SSSR count). The second kappa shape index (κ2) is 4.99. The van der Waals surface area contributed by atoms with Crippen molar-refractivity contribution in [3.05, 3.63) is 34.6 Å². The number of carbonyl (C=O) groups is 1. The van der Waals surface area contributed by atoms with Crippen molar-refractivity contribution < 1.29 is 9.90 Å². The molecule has 0 aliphatic heterocycles. The van der Waals surface area contributed by atoms with Gasteiger partial charge in [0.15, 0.2) is 0 Å². The number of aromatic nitrogens is 3. The highest BCUT2D eigenvalue weighted by molar-refractivity contribution is 7.99. The lowest BCUT2D eigenvalue weighted by molar-refractivity contribution is 0.0696. The van der Waals surface area contributed by atoms with E-state index in [-0.39, 0.29) is 10.7 Å². The molecule has 0 amide bonds. The van der Waals surface area contributed by atoms with Crippen LogP contribution in [-0.4, -0.2) is 25.8 Å². The normalized spacial score (nSPS) is 10.6. The molecule has 0 aliphatic carbocycles. The van der Waals surface area contributed by atoms with Crippen molar-refractivity contribution in [2.45, 2.75) is 17.0 Å². The maximum atomic E-state index is 10.9. The molecule has 0 saturated carbocycles. The van der Waals surface area contributed by atoms with Crippen LogP contribution in [0.1, 0.15) is 16.1 Å². The number of pyridine rings is 1. The number of nitrogens with zero attached hydrogens (tertiary/aromatic N) is 3. The van der Waals surface area contributed by atoms with Crippen LogP contribution in [0, 0.1) is 6.92 Å². The lowest BCUT2D eigenvalue weighted by atomic mass is 10.3. The fourth-order valence-corrected chi connectivity index (χ4v) is 2.64. The smallest absolute Gasteiger partial charge is 0.335 e. The summed E-state index contributed by atoms with van der Waals surface area (Å²) < 4.78 is 1.71. The summed E-state index contributed by atoms with van der Waals surface area (Å²) in [6.07, 6.45) is 0. The summed E-state index contributed by atoms with van der Waals surface area (Å²) in [6.45, 7) is 1.89. The highest BCUT2D eigenvalue weighted by Gasteiger charge is 2.10. The van der Waals surface area contributed by atoms with Gasteiger partial charge in [0.1, 0.15) is 15.2 Å². The molecule has 2 aromatic heterocycles. The van der Waals surface area contributed by atoms with E-state index in [0.29, 0.717) is 5.03 Å². The van der Waals surface area contributed by atoms with Gasteiger partial charge in [0.2, 0.25) is 0 Å². The van der Waals surface area contributed by atoms with Crippen LogP contribution < -0.4 is 0 Å². The molecule has 0 saturated heterocycles. The van der Waals surface area contributed by atoms with Crippen LogP contribution in [0.5, 0.6) is 0 Å². The molecule has 2 aromatic rings. The quantitative estimate of drug-likeness (QED) is 0.877. The Bertz CT molecular complexity index is 612. The SMILES string of the molecule is Cc1cc(Sc2cc(C(=O)O)cc(Cl)n2)n(C)n1. The van der Waals surface area contributed by atoms with Gasteiger partial charge in [0, 0.05) is 7.05 Å². The number of carboxylic acids is 1. The largest absolute Gasteiger partial charge is 0.478 e. The maximum absolute atomic E-state index is 10.9. The van der Waals surface area contributed by atoms with Gasteiger partial charge in [-0.05, 0) is 25.1 Å². The Kier molecular flexibility index (Phi) is 3.58. The van der Waals surface area contributed by atoms with Crippen LogP contribution in [-0.2, 0) is 7.05 Å². The first kappa shape index (κ1) is 12.9. The fourth-order valence-electron chi connectivity index (χ4n) is 1.44. The summed E-state index contributed by atoms with van der Waals surface area (Å²) in [5.41, 5.74) is 1.01. The molecular formula is C11H10ClN3O2S. The van der Waals surface area contributed by atoms with Crippen LogP contribution >= 0.6 is 23.4 Å². The van der Waals surface area contributed by atoms with Crippen LogP contribution in [0.25, 0.3) is 0 Å². The van der Waals surface area contributed by atoms with Gasteiger partial charge < -0.3 is 5.11 Å². The number of hydrogen-bond acceptors (Lipinski definition) is 4. The van der Waals surface area contributed by atoms with Crippen molar-refractivity contribution in [1.82, 2.24) is 14.8 Å². The number of rotatable bonds is 3. The molecule has 0 bridgehead atoms. The van der Waals surface area contributed by atoms with E-state index in [1.165, 1.54) is 23.9 Å². The molecule has 2 heterocycles. The topological polar surface area (TPSA) is 68.0 Å². The van der Waals surface area contributed by atoms with Gasteiger partial charge in [-0.25, -0.2) is 9.78 Å². The summed E-state index contributed by atoms with van der Waals surface area (Å²) in [6, 6.07) is 4.71. The molecular weight excluding hydrogens is 274 g/mol. The second-order valence-electron chi connectivity index (χ2n) is 3.67. The Labute approximate surface area is 113 Å².